The summed E-state index contributed by atoms with van der Waals surface area (Å²) in [5.74, 6) is 0.517. The Kier molecular flexibility index (Phi) is 6.40. The summed E-state index contributed by atoms with van der Waals surface area (Å²) in [6, 6.07) is -0.00319. The molecule has 15 heavy (non-hydrogen) atoms. The van der Waals surface area contributed by atoms with E-state index in [0.29, 0.717) is 12.3 Å². The van der Waals surface area contributed by atoms with E-state index in [1.165, 1.54) is 0 Å². The van der Waals surface area contributed by atoms with E-state index >= 15 is 0 Å². The third-order valence-corrected chi connectivity index (χ3v) is 3.78. The molecule has 92 valence electrons. The van der Waals surface area contributed by atoms with Crippen LogP contribution in [0.1, 0.15) is 27.2 Å². The summed E-state index contributed by atoms with van der Waals surface area (Å²) in [6.45, 7) is 6.67. The molecule has 1 atom stereocenters. The van der Waals surface area contributed by atoms with Crippen LogP contribution in [0, 0.1) is 5.92 Å². The van der Waals surface area contributed by atoms with E-state index < -0.39 is 10.0 Å². The van der Waals surface area contributed by atoms with Crippen molar-refractivity contribution in [2.75, 3.05) is 26.4 Å². The Morgan fingerprint density at radius 1 is 1.27 bits per heavy atom. The van der Waals surface area contributed by atoms with Gasteiger partial charge in [0.1, 0.15) is 0 Å². The van der Waals surface area contributed by atoms with Crippen LogP contribution in [0.25, 0.3) is 0 Å². The van der Waals surface area contributed by atoms with Gasteiger partial charge in [-0.1, -0.05) is 20.8 Å². The second-order valence-corrected chi connectivity index (χ2v) is 6.42. The van der Waals surface area contributed by atoms with Crippen molar-refractivity contribution in [3.63, 3.8) is 0 Å². The van der Waals surface area contributed by atoms with E-state index in [1.54, 1.807) is 0 Å². The van der Waals surface area contributed by atoms with Crippen molar-refractivity contribution in [1.82, 2.24) is 9.62 Å². The molecule has 1 unspecified atom stereocenters. The quantitative estimate of drug-likeness (QED) is 0.714. The molecule has 0 aliphatic rings. The molecule has 0 radical (unpaired) electrons. The highest BCUT2D eigenvalue weighted by atomic mass is 32.2. The Labute approximate surface area is 94.1 Å². The van der Waals surface area contributed by atoms with E-state index in [0.717, 1.165) is 6.54 Å². The predicted octanol–water partition coefficient (Wildman–Crippen LogP) is 0.902. The number of nitrogens with one attached hydrogen (secondary N) is 1. The molecule has 0 amide bonds. The maximum atomic E-state index is 11.6. The summed E-state index contributed by atoms with van der Waals surface area (Å²) in [7, 11) is 0.798. The Hall–Kier alpha value is -0.130. The fourth-order valence-corrected chi connectivity index (χ4v) is 2.80. The Morgan fingerprint density at radius 3 is 2.13 bits per heavy atom. The van der Waals surface area contributed by atoms with Gasteiger partial charge < -0.3 is 4.90 Å². The number of likely N-dealkylation sites (N-methyl/N-ethyl adjacent to an activating group) is 1. The third kappa shape index (κ3) is 6.87. The van der Waals surface area contributed by atoms with Crippen LogP contribution in [0.15, 0.2) is 0 Å². The largest absolute Gasteiger partial charge is 0.308 e. The second kappa shape index (κ2) is 6.45. The van der Waals surface area contributed by atoms with Crippen molar-refractivity contribution in [3.8, 4) is 0 Å². The molecular weight excluding hydrogens is 212 g/mol. The van der Waals surface area contributed by atoms with Gasteiger partial charge in [-0.2, -0.15) is 0 Å². The zero-order valence-electron chi connectivity index (χ0n) is 10.4. The van der Waals surface area contributed by atoms with Gasteiger partial charge in [0.25, 0.3) is 0 Å². The highest BCUT2D eigenvalue weighted by molar-refractivity contribution is 7.89. The van der Waals surface area contributed by atoms with Gasteiger partial charge in [0.2, 0.25) is 10.0 Å². The van der Waals surface area contributed by atoms with E-state index in [2.05, 4.69) is 4.72 Å². The molecule has 0 spiro atoms. The van der Waals surface area contributed by atoms with Crippen molar-refractivity contribution < 1.29 is 8.42 Å². The van der Waals surface area contributed by atoms with Crippen LogP contribution in [0.3, 0.4) is 0 Å². The molecule has 4 nitrogen and oxygen atoms in total. The Morgan fingerprint density at radius 2 is 1.80 bits per heavy atom. The number of nitrogens with zero attached hydrogens (tertiary/aromatic N) is 1. The lowest BCUT2D eigenvalue weighted by molar-refractivity contribution is 0.314. The van der Waals surface area contributed by atoms with Gasteiger partial charge in [0, 0.05) is 12.6 Å². The first-order valence-corrected chi connectivity index (χ1v) is 7.08. The van der Waals surface area contributed by atoms with E-state index in [4.69, 9.17) is 0 Å². The molecule has 0 aliphatic carbocycles. The molecule has 0 aromatic carbocycles. The molecule has 0 rings (SSSR count). The first-order valence-electron chi connectivity index (χ1n) is 5.43. The van der Waals surface area contributed by atoms with Crippen LogP contribution in [0.4, 0.5) is 0 Å². The maximum Gasteiger partial charge on any atom is 0.211 e. The van der Waals surface area contributed by atoms with E-state index in [9.17, 15) is 8.42 Å². The SMILES string of the molecule is CCCS(=O)(=O)NC(CN(C)C)C(C)C. The predicted molar refractivity (Wildman–Crippen MR) is 64.4 cm³/mol. The summed E-state index contributed by atoms with van der Waals surface area (Å²) in [6.07, 6.45) is 0.655. The van der Waals surface area contributed by atoms with Gasteiger partial charge in [-0.3, -0.25) is 0 Å². The number of sulfonamides is 1. The Bertz CT molecular complexity index is 261. The number of hydrogen-bond donors (Lipinski definition) is 1. The van der Waals surface area contributed by atoms with Crippen LogP contribution in [-0.2, 0) is 10.0 Å². The molecule has 5 heteroatoms. The van der Waals surface area contributed by atoms with Gasteiger partial charge in [-0.05, 0) is 26.4 Å². The third-order valence-electron chi connectivity index (χ3n) is 2.17. The zero-order chi connectivity index (χ0) is 12.1. The summed E-state index contributed by atoms with van der Waals surface area (Å²) in [5.41, 5.74) is 0. The molecule has 0 aromatic rings. The van der Waals surface area contributed by atoms with E-state index in [1.807, 2.05) is 39.8 Å². The molecule has 0 aliphatic heterocycles. The lowest BCUT2D eigenvalue weighted by Crippen LogP contribution is -2.45. The average molecular weight is 236 g/mol. The summed E-state index contributed by atoms with van der Waals surface area (Å²) in [4.78, 5) is 2.00. The van der Waals surface area contributed by atoms with Crippen molar-refractivity contribution in [2.45, 2.75) is 33.2 Å². The molecule has 1 N–H and O–H groups in total. The lowest BCUT2D eigenvalue weighted by atomic mass is 10.1. The molecule has 0 heterocycles. The average Bonchev–Trinajstić information content (AvgIpc) is 2.00. The van der Waals surface area contributed by atoms with E-state index in [-0.39, 0.29) is 11.8 Å². The normalized spacial score (nSPS) is 14.9. The van der Waals surface area contributed by atoms with Crippen molar-refractivity contribution in [1.29, 1.82) is 0 Å². The standard InChI is InChI=1S/C10H24N2O2S/c1-6-7-15(13,14)11-10(9(2)3)8-12(4)5/h9-11H,6-8H2,1-5H3. The number of rotatable bonds is 7. The van der Waals surface area contributed by atoms with Gasteiger partial charge in [-0.25, -0.2) is 13.1 Å². The fourth-order valence-electron chi connectivity index (χ4n) is 1.34. The molecule has 0 saturated carbocycles. The smallest absolute Gasteiger partial charge is 0.211 e. The molecule has 0 aromatic heterocycles. The molecule has 0 bridgehead atoms. The van der Waals surface area contributed by atoms with Crippen LogP contribution >= 0.6 is 0 Å². The summed E-state index contributed by atoms with van der Waals surface area (Å²) in [5, 5.41) is 0. The first kappa shape index (κ1) is 14.9. The second-order valence-electron chi connectivity index (χ2n) is 4.55. The van der Waals surface area contributed by atoms with Gasteiger partial charge in [0.15, 0.2) is 0 Å². The van der Waals surface area contributed by atoms with Gasteiger partial charge >= 0.3 is 0 Å². The topological polar surface area (TPSA) is 49.4 Å². The van der Waals surface area contributed by atoms with Crippen molar-refractivity contribution >= 4 is 10.0 Å². The van der Waals surface area contributed by atoms with Crippen molar-refractivity contribution in [2.24, 2.45) is 5.92 Å². The first-order chi connectivity index (χ1) is 6.78. The van der Waals surface area contributed by atoms with Gasteiger partial charge in [0.05, 0.1) is 5.75 Å². The minimum Gasteiger partial charge on any atom is -0.308 e. The molecular formula is C10H24N2O2S. The summed E-state index contributed by atoms with van der Waals surface area (Å²) < 4.78 is 26.0. The number of hydrogen-bond acceptors (Lipinski definition) is 3. The molecule has 0 fully saturated rings. The van der Waals surface area contributed by atoms with Crippen LogP contribution in [-0.4, -0.2) is 45.8 Å². The lowest BCUT2D eigenvalue weighted by Gasteiger charge is -2.25. The van der Waals surface area contributed by atoms with Crippen LogP contribution in [0.5, 0.6) is 0 Å². The van der Waals surface area contributed by atoms with Crippen molar-refractivity contribution in [3.05, 3.63) is 0 Å². The zero-order valence-corrected chi connectivity index (χ0v) is 11.3. The fraction of sp³-hybridized carbons (Fsp3) is 1.00. The minimum absolute atomic E-state index is 0.00319. The Balaban J connectivity index is 4.41. The summed E-state index contributed by atoms with van der Waals surface area (Å²) >= 11 is 0. The van der Waals surface area contributed by atoms with Gasteiger partial charge in [-0.15, -0.1) is 0 Å². The highest BCUT2D eigenvalue weighted by Crippen LogP contribution is 2.05. The minimum atomic E-state index is -3.10. The monoisotopic (exact) mass is 236 g/mol. The highest BCUT2D eigenvalue weighted by Gasteiger charge is 2.20. The van der Waals surface area contributed by atoms with Crippen LogP contribution in [0.2, 0.25) is 0 Å². The van der Waals surface area contributed by atoms with Crippen LogP contribution < -0.4 is 4.72 Å². The maximum absolute atomic E-state index is 11.6. The molecule has 0 saturated heterocycles.